The van der Waals surface area contributed by atoms with Crippen LogP contribution in [0.5, 0.6) is 17.2 Å². The van der Waals surface area contributed by atoms with E-state index in [1.54, 1.807) is 24.3 Å². The zero-order chi connectivity index (χ0) is 19.6. The van der Waals surface area contributed by atoms with Crippen LogP contribution >= 0.6 is 0 Å². The van der Waals surface area contributed by atoms with Crippen LogP contribution in [0.4, 0.5) is 0 Å². The molecule has 0 saturated carbocycles. The Labute approximate surface area is 157 Å². The molecule has 0 aliphatic heterocycles. The van der Waals surface area contributed by atoms with Crippen LogP contribution in [-0.4, -0.2) is 5.97 Å². The number of hydrogen-bond donors (Lipinski definition) is 0. The fraction of sp³-hybridized carbons (Fsp3) is 0.273. The predicted octanol–water partition coefficient (Wildman–Crippen LogP) is 5.24. The fourth-order valence-corrected chi connectivity index (χ4v) is 2.56. The Balaban J connectivity index is 1.84. The normalized spacial score (nSPS) is 11.4. The van der Waals surface area contributed by atoms with Gasteiger partial charge < -0.3 is 13.9 Å². The second kappa shape index (κ2) is 7.27. The molecule has 0 radical (unpaired) electrons. The van der Waals surface area contributed by atoms with E-state index in [-0.39, 0.29) is 29.0 Å². The highest BCUT2D eigenvalue weighted by atomic mass is 16.5. The van der Waals surface area contributed by atoms with E-state index < -0.39 is 0 Å². The maximum atomic E-state index is 12.6. The highest BCUT2D eigenvalue weighted by molar-refractivity contribution is 5.81. The SMILES string of the molecule is Cc1ccc(Oc2coc3cc(OC(=O)CC(C)(C)C)ccc3c2=O)cc1. The topological polar surface area (TPSA) is 65.7 Å². The molecule has 0 unspecified atom stereocenters. The summed E-state index contributed by atoms with van der Waals surface area (Å²) < 4.78 is 16.5. The first-order valence-electron chi connectivity index (χ1n) is 8.72. The van der Waals surface area contributed by atoms with Crippen molar-refractivity contribution in [1.82, 2.24) is 0 Å². The minimum Gasteiger partial charge on any atom is -0.460 e. The van der Waals surface area contributed by atoms with E-state index in [9.17, 15) is 9.59 Å². The molecule has 0 atom stereocenters. The van der Waals surface area contributed by atoms with Crippen LogP contribution in [0.1, 0.15) is 32.8 Å². The molecule has 140 valence electrons. The molecular weight excluding hydrogens is 344 g/mol. The van der Waals surface area contributed by atoms with Crippen LogP contribution in [0.25, 0.3) is 11.0 Å². The Morgan fingerprint density at radius 2 is 1.70 bits per heavy atom. The van der Waals surface area contributed by atoms with Crippen molar-refractivity contribution in [2.24, 2.45) is 5.41 Å². The molecule has 0 spiro atoms. The minimum absolute atomic E-state index is 0.101. The lowest BCUT2D eigenvalue weighted by molar-refractivity contribution is -0.136. The predicted molar refractivity (Wildman–Crippen MR) is 103 cm³/mol. The lowest BCUT2D eigenvalue weighted by atomic mass is 9.92. The summed E-state index contributed by atoms with van der Waals surface area (Å²) in [5.41, 5.74) is 0.978. The van der Waals surface area contributed by atoms with E-state index in [0.29, 0.717) is 22.5 Å². The average Bonchev–Trinajstić information content (AvgIpc) is 2.57. The first-order chi connectivity index (χ1) is 12.7. The van der Waals surface area contributed by atoms with Crippen molar-refractivity contribution >= 4 is 16.9 Å². The summed E-state index contributed by atoms with van der Waals surface area (Å²) in [4.78, 5) is 24.6. The number of carbonyl (C=O) groups excluding carboxylic acids is 1. The molecular formula is C22H22O5. The van der Waals surface area contributed by atoms with Crippen LogP contribution in [0.2, 0.25) is 0 Å². The Morgan fingerprint density at radius 1 is 1.04 bits per heavy atom. The maximum absolute atomic E-state index is 12.6. The smallest absolute Gasteiger partial charge is 0.311 e. The van der Waals surface area contributed by atoms with E-state index in [0.717, 1.165) is 5.56 Å². The summed E-state index contributed by atoms with van der Waals surface area (Å²) in [5.74, 6) is 0.666. The molecule has 2 aromatic carbocycles. The molecule has 0 aliphatic carbocycles. The minimum atomic E-state index is -0.330. The third-order valence-electron chi connectivity index (χ3n) is 3.87. The Hall–Kier alpha value is -3.08. The van der Waals surface area contributed by atoms with E-state index in [4.69, 9.17) is 13.9 Å². The maximum Gasteiger partial charge on any atom is 0.311 e. The molecule has 3 aromatic rings. The largest absolute Gasteiger partial charge is 0.460 e. The molecule has 0 aliphatic rings. The zero-order valence-electron chi connectivity index (χ0n) is 15.9. The lowest BCUT2D eigenvalue weighted by Gasteiger charge is -2.16. The third-order valence-corrected chi connectivity index (χ3v) is 3.87. The van der Waals surface area contributed by atoms with Gasteiger partial charge in [0.15, 0.2) is 0 Å². The van der Waals surface area contributed by atoms with Crippen LogP contribution in [-0.2, 0) is 4.79 Å². The van der Waals surface area contributed by atoms with E-state index >= 15 is 0 Å². The van der Waals surface area contributed by atoms with Crippen LogP contribution in [0.15, 0.2) is 57.9 Å². The highest BCUT2D eigenvalue weighted by Crippen LogP contribution is 2.25. The quantitative estimate of drug-likeness (QED) is 0.467. The van der Waals surface area contributed by atoms with Gasteiger partial charge in [0.2, 0.25) is 11.2 Å². The lowest BCUT2D eigenvalue weighted by Crippen LogP contribution is -2.17. The molecule has 0 fully saturated rings. The van der Waals surface area contributed by atoms with Crippen molar-refractivity contribution < 1.29 is 18.7 Å². The van der Waals surface area contributed by atoms with Crippen molar-refractivity contribution in [1.29, 1.82) is 0 Å². The van der Waals surface area contributed by atoms with Gasteiger partial charge in [-0.1, -0.05) is 38.5 Å². The number of carbonyl (C=O) groups is 1. The van der Waals surface area contributed by atoms with Gasteiger partial charge in [-0.2, -0.15) is 0 Å². The molecule has 0 N–H and O–H groups in total. The fourth-order valence-electron chi connectivity index (χ4n) is 2.56. The van der Waals surface area contributed by atoms with Crippen LogP contribution in [0.3, 0.4) is 0 Å². The van der Waals surface area contributed by atoms with Crippen molar-refractivity contribution in [3.8, 4) is 17.2 Å². The third kappa shape index (κ3) is 4.76. The standard InChI is InChI=1S/C22H22O5/c1-14-5-7-15(8-6-14)26-19-13-25-18-11-16(9-10-17(18)21(19)24)27-20(23)12-22(2,3)4/h5-11,13H,12H2,1-4H3. The number of hydrogen-bond acceptors (Lipinski definition) is 5. The van der Waals surface area contributed by atoms with Crippen molar-refractivity contribution in [3.05, 3.63) is 64.5 Å². The van der Waals surface area contributed by atoms with Gasteiger partial charge in [-0.15, -0.1) is 0 Å². The molecule has 5 heteroatoms. The van der Waals surface area contributed by atoms with Crippen molar-refractivity contribution in [2.75, 3.05) is 0 Å². The van der Waals surface area contributed by atoms with Crippen LogP contribution in [0, 0.1) is 12.3 Å². The molecule has 1 heterocycles. The van der Waals surface area contributed by atoms with Crippen LogP contribution < -0.4 is 14.9 Å². The van der Waals surface area contributed by atoms with Crippen molar-refractivity contribution in [2.45, 2.75) is 34.1 Å². The molecule has 0 amide bonds. The van der Waals surface area contributed by atoms with Gasteiger partial charge in [0.1, 0.15) is 23.3 Å². The van der Waals surface area contributed by atoms with E-state index in [1.807, 2.05) is 39.8 Å². The number of ether oxygens (including phenoxy) is 2. The van der Waals surface area contributed by atoms with E-state index in [2.05, 4.69) is 0 Å². The number of rotatable bonds is 4. The van der Waals surface area contributed by atoms with Crippen molar-refractivity contribution in [3.63, 3.8) is 0 Å². The Kier molecular flexibility index (Phi) is 5.04. The highest BCUT2D eigenvalue weighted by Gasteiger charge is 2.18. The first-order valence-corrected chi connectivity index (χ1v) is 8.72. The van der Waals surface area contributed by atoms with Gasteiger partial charge in [-0.05, 0) is 36.6 Å². The second-order valence-electron chi connectivity index (χ2n) is 7.71. The van der Waals surface area contributed by atoms with Gasteiger partial charge in [0.25, 0.3) is 0 Å². The Morgan fingerprint density at radius 3 is 2.37 bits per heavy atom. The Bertz CT molecular complexity index is 1020. The number of esters is 1. The summed E-state index contributed by atoms with van der Waals surface area (Å²) >= 11 is 0. The number of aryl methyl sites for hydroxylation is 1. The van der Waals surface area contributed by atoms with Gasteiger partial charge >= 0.3 is 5.97 Å². The van der Waals surface area contributed by atoms with E-state index in [1.165, 1.54) is 12.3 Å². The van der Waals surface area contributed by atoms with Gasteiger partial charge in [0, 0.05) is 6.07 Å². The van der Waals surface area contributed by atoms with Gasteiger partial charge in [0.05, 0.1) is 11.8 Å². The van der Waals surface area contributed by atoms with Gasteiger partial charge in [-0.25, -0.2) is 0 Å². The monoisotopic (exact) mass is 366 g/mol. The summed E-state index contributed by atoms with van der Waals surface area (Å²) in [6.07, 6.45) is 1.56. The molecule has 27 heavy (non-hydrogen) atoms. The zero-order valence-corrected chi connectivity index (χ0v) is 15.9. The average molecular weight is 366 g/mol. The summed E-state index contributed by atoms with van der Waals surface area (Å²) in [6.45, 7) is 7.86. The second-order valence-corrected chi connectivity index (χ2v) is 7.71. The molecule has 0 saturated heterocycles. The molecule has 5 nitrogen and oxygen atoms in total. The number of benzene rings is 2. The molecule has 1 aromatic heterocycles. The summed E-state index contributed by atoms with van der Waals surface area (Å²) in [5, 5.41) is 0.357. The van der Waals surface area contributed by atoms with Gasteiger partial charge in [-0.3, -0.25) is 9.59 Å². The summed E-state index contributed by atoms with van der Waals surface area (Å²) in [6, 6.07) is 12.1. The molecule has 3 rings (SSSR count). The molecule has 0 bridgehead atoms. The summed E-state index contributed by atoms with van der Waals surface area (Å²) in [7, 11) is 0. The first kappa shape index (κ1) is 18.7. The number of fused-ring (bicyclic) bond motifs is 1.